The number of nitrogens with zero attached hydrogens (tertiary/aromatic N) is 1. The van der Waals surface area contributed by atoms with Crippen LogP contribution in [0.15, 0.2) is 18.2 Å². The molecule has 1 aliphatic rings. The first-order valence-electron chi connectivity index (χ1n) is 6.99. The van der Waals surface area contributed by atoms with Crippen molar-refractivity contribution in [2.45, 2.75) is 31.7 Å². The highest BCUT2D eigenvalue weighted by molar-refractivity contribution is 5.76. The van der Waals surface area contributed by atoms with Crippen molar-refractivity contribution in [3.63, 3.8) is 0 Å². The van der Waals surface area contributed by atoms with Crippen molar-refractivity contribution < 1.29 is 13.6 Å². The Hall–Kier alpha value is -1.49. The number of aryl methyl sites for hydroxylation is 1. The van der Waals surface area contributed by atoms with Gasteiger partial charge < -0.3 is 10.2 Å². The third kappa shape index (κ3) is 3.54. The van der Waals surface area contributed by atoms with Crippen LogP contribution in [0, 0.1) is 11.6 Å². The Morgan fingerprint density at radius 3 is 3.00 bits per heavy atom. The fraction of sp³-hybridized carbons (Fsp3) is 0.533. The zero-order chi connectivity index (χ0) is 14.5. The van der Waals surface area contributed by atoms with Crippen LogP contribution in [0.2, 0.25) is 0 Å². The van der Waals surface area contributed by atoms with Gasteiger partial charge in [-0.3, -0.25) is 4.79 Å². The maximum Gasteiger partial charge on any atom is 0.222 e. The Morgan fingerprint density at radius 2 is 2.25 bits per heavy atom. The number of hydrogen-bond donors (Lipinski definition) is 1. The molecule has 1 N–H and O–H groups in total. The van der Waals surface area contributed by atoms with Gasteiger partial charge in [0.25, 0.3) is 0 Å². The molecule has 1 unspecified atom stereocenters. The Labute approximate surface area is 118 Å². The summed E-state index contributed by atoms with van der Waals surface area (Å²) in [6, 6.07) is 4.41. The molecule has 0 aromatic heterocycles. The maximum atomic E-state index is 13.5. The van der Waals surface area contributed by atoms with E-state index in [1.165, 1.54) is 12.1 Å². The summed E-state index contributed by atoms with van der Waals surface area (Å²) in [6.45, 7) is 1.45. The van der Waals surface area contributed by atoms with Crippen LogP contribution in [0.4, 0.5) is 8.78 Å². The zero-order valence-corrected chi connectivity index (χ0v) is 11.7. The number of hydrogen-bond acceptors (Lipinski definition) is 2. The minimum atomic E-state index is -0.858. The first kappa shape index (κ1) is 14.9. The number of likely N-dealkylation sites (tertiary alicyclic amines) is 1. The average molecular weight is 282 g/mol. The molecule has 1 atom stereocenters. The lowest BCUT2D eigenvalue weighted by atomic mass is 10.0. The van der Waals surface area contributed by atoms with Gasteiger partial charge in [-0.05, 0) is 37.9 Å². The molecule has 0 bridgehead atoms. The van der Waals surface area contributed by atoms with Gasteiger partial charge in [0.1, 0.15) is 0 Å². The molecule has 3 nitrogen and oxygen atoms in total. The molecular formula is C15H20F2N2O. The van der Waals surface area contributed by atoms with E-state index in [0.717, 1.165) is 25.5 Å². The topological polar surface area (TPSA) is 32.3 Å². The second-order valence-electron chi connectivity index (χ2n) is 5.18. The van der Waals surface area contributed by atoms with Gasteiger partial charge in [-0.1, -0.05) is 12.1 Å². The monoisotopic (exact) mass is 282 g/mol. The molecule has 1 saturated heterocycles. The lowest BCUT2D eigenvalue weighted by molar-refractivity contribution is -0.132. The maximum absolute atomic E-state index is 13.5. The van der Waals surface area contributed by atoms with Gasteiger partial charge in [0.2, 0.25) is 5.91 Å². The molecule has 1 heterocycles. The molecule has 0 spiro atoms. The Morgan fingerprint density at radius 1 is 1.45 bits per heavy atom. The predicted molar refractivity (Wildman–Crippen MR) is 73.3 cm³/mol. The van der Waals surface area contributed by atoms with E-state index >= 15 is 0 Å². The van der Waals surface area contributed by atoms with Crippen molar-refractivity contribution in [2.75, 3.05) is 20.1 Å². The number of rotatable bonds is 4. The number of nitrogens with one attached hydrogen (secondary N) is 1. The van der Waals surface area contributed by atoms with Crippen LogP contribution in [0.3, 0.4) is 0 Å². The minimum absolute atomic E-state index is 0.00797. The number of benzene rings is 1. The van der Waals surface area contributed by atoms with Gasteiger partial charge in [0.15, 0.2) is 11.6 Å². The Balaban J connectivity index is 1.90. The van der Waals surface area contributed by atoms with Crippen LogP contribution in [0.1, 0.15) is 24.8 Å². The smallest absolute Gasteiger partial charge is 0.222 e. The average Bonchev–Trinajstić information content (AvgIpc) is 2.48. The first-order valence-corrected chi connectivity index (χ1v) is 6.99. The van der Waals surface area contributed by atoms with E-state index in [-0.39, 0.29) is 24.3 Å². The van der Waals surface area contributed by atoms with E-state index in [2.05, 4.69) is 5.32 Å². The van der Waals surface area contributed by atoms with Crippen LogP contribution in [0.25, 0.3) is 0 Å². The van der Waals surface area contributed by atoms with Crippen molar-refractivity contribution in [1.29, 1.82) is 0 Å². The molecule has 20 heavy (non-hydrogen) atoms. The highest BCUT2D eigenvalue weighted by Crippen LogP contribution is 2.15. The van der Waals surface area contributed by atoms with Crippen LogP contribution < -0.4 is 5.32 Å². The SMILES string of the molecule is CNC1CCCN(C(=O)CCc2cccc(F)c2F)C1. The normalized spacial score (nSPS) is 19.1. The standard InChI is InChI=1S/C15H20F2N2O/c1-18-12-5-3-9-19(10-12)14(20)8-7-11-4-2-6-13(16)15(11)17/h2,4,6,12,18H,3,5,7-10H2,1H3. The van der Waals surface area contributed by atoms with Crippen molar-refractivity contribution in [2.24, 2.45) is 0 Å². The summed E-state index contributed by atoms with van der Waals surface area (Å²) in [4.78, 5) is 13.9. The molecular weight excluding hydrogens is 262 g/mol. The van der Waals surface area contributed by atoms with E-state index in [9.17, 15) is 13.6 Å². The Bertz CT molecular complexity index is 479. The minimum Gasteiger partial charge on any atom is -0.341 e. The molecule has 110 valence electrons. The van der Waals surface area contributed by atoms with Crippen molar-refractivity contribution >= 4 is 5.91 Å². The molecule has 2 rings (SSSR count). The van der Waals surface area contributed by atoms with Gasteiger partial charge in [-0.15, -0.1) is 0 Å². The summed E-state index contributed by atoms with van der Waals surface area (Å²) in [7, 11) is 1.89. The number of piperidine rings is 1. The second kappa shape index (κ2) is 6.79. The third-order valence-electron chi connectivity index (χ3n) is 3.82. The quantitative estimate of drug-likeness (QED) is 0.917. The van der Waals surface area contributed by atoms with Gasteiger partial charge in [0, 0.05) is 25.6 Å². The number of halogens is 2. The van der Waals surface area contributed by atoms with Crippen molar-refractivity contribution in [1.82, 2.24) is 10.2 Å². The summed E-state index contributed by atoms with van der Waals surface area (Å²) in [5.74, 6) is -1.69. The van der Waals surface area contributed by atoms with Gasteiger partial charge >= 0.3 is 0 Å². The van der Waals surface area contributed by atoms with Crippen LogP contribution in [-0.2, 0) is 11.2 Å². The van der Waals surface area contributed by atoms with E-state index in [1.54, 1.807) is 0 Å². The number of amides is 1. The second-order valence-corrected chi connectivity index (χ2v) is 5.18. The largest absolute Gasteiger partial charge is 0.341 e. The molecule has 1 fully saturated rings. The summed E-state index contributed by atoms with van der Waals surface area (Å²) < 4.78 is 26.6. The molecule has 0 aliphatic carbocycles. The van der Waals surface area contributed by atoms with Gasteiger partial charge in [-0.25, -0.2) is 8.78 Å². The summed E-state index contributed by atoms with van der Waals surface area (Å²) in [6.07, 6.45) is 2.50. The van der Waals surface area contributed by atoms with Gasteiger partial charge in [-0.2, -0.15) is 0 Å². The highest BCUT2D eigenvalue weighted by atomic mass is 19.2. The van der Waals surface area contributed by atoms with E-state index < -0.39 is 11.6 Å². The van der Waals surface area contributed by atoms with Crippen molar-refractivity contribution in [3.8, 4) is 0 Å². The number of carbonyl (C=O) groups is 1. The van der Waals surface area contributed by atoms with E-state index in [0.29, 0.717) is 12.6 Å². The molecule has 0 radical (unpaired) electrons. The molecule has 1 aromatic rings. The van der Waals surface area contributed by atoms with Crippen LogP contribution in [-0.4, -0.2) is 37.0 Å². The predicted octanol–water partition coefficient (Wildman–Crippen LogP) is 2.11. The molecule has 1 aliphatic heterocycles. The molecule has 1 amide bonds. The lowest BCUT2D eigenvalue weighted by Crippen LogP contribution is -2.47. The summed E-state index contributed by atoms with van der Waals surface area (Å²) in [5.41, 5.74) is 0.264. The zero-order valence-electron chi connectivity index (χ0n) is 11.7. The van der Waals surface area contributed by atoms with Crippen LogP contribution >= 0.6 is 0 Å². The molecule has 1 aromatic carbocycles. The molecule has 5 heteroatoms. The number of likely N-dealkylation sites (N-methyl/N-ethyl adjacent to an activating group) is 1. The van der Waals surface area contributed by atoms with Crippen LogP contribution in [0.5, 0.6) is 0 Å². The van der Waals surface area contributed by atoms with Gasteiger partial charge in [0.05, 0.1) is 0 Å². The third-order valence-corrected chi connectivity index (χ3v) is 3.82. The fourth-order valence-corrected chi connectivity index (χ4v) is 2.58. The first-order chi connectivity index (χ1) is 9.61. The molecule has 0 saturated carbocycles. The summed E-state index contributed by atoms with van der Waals surface area (Å²) >= 11 is 0. The highest BCUT2D eigenvalue weighted by Gasteiger charge is 2.22. The fourth-order valence-electron chi connectivity index (χ4n) is 2.58. The van der Waals surface area contributed by atoms with E-state index in [4.69, 9.17) is 0 Å². The Kier molecular flexibility index (Phi) is 5.06. The lowest BCUT2D eigenvalue weighted by Gasteiger charge is -2.32. The van der Waals surface area contributed by atoms with Crippen molar-refractivity contribution in [3.05, 3.63) is 35.4 Å². The van der Waals surface area contributed by atoms with E-state index in [1.807, 2.05) is 11.9 Å². The number of carbonyl (C=O) groups excluding carboxylic acids is 1. The summed E-state index contributed by atoms with van der Waals surface area (Å²) in [5, 5.41) is 3.18.